The van der Waals surface area contributed by atoms with Gasteiger partial charge in [-0.05, 0) is 6.92 Å². The molecule has 2 fully saturated rings. The predicted octanol–water partition coefficient (Wildman–Crippen LogP) is -4.36. The minimum absolute atomic E-state index is 0.252. The van der Waals surface area contributed by atoms with Crippen molar-refractivity contribution in [2.75, 3.05) is 13.2 Å². The third-order valence-corrected chi connectivity index (χ3v) is 4.33. The lowest BCUT2D eigenvalue weighted by Gasteiger charge is -2.42. The van der Waals surface area contributed by atoms with Gasteiger partial charge in [0.1, 0.15) is 42.7 Å². The first-order valence-corrected chi connectivity index (χ1v) is 7.47. The van der Waals surface area contributed by atoms with Crippen LogP contribution < -0.4 is 5.73 Å². The first-order chi connectivity index (χ1) is 10.8. The van der Waals surface area contributed by atoms with Crippen molar-refractivity contribution in [3.63, 3.8) is 0 Å². The maximum absolute atomic E-state index is 9.95. The Morgan fingerprint density at radius 2 is 1.48 bits per heavy atom. The maximum atomic E-state index is 9.95. The summed E-state index contributed by atoms with van der Waals surface area (Å²) < 4.78 is 15.9. The molecule has 10 nitrogen and oxygen atoms in total. The monoisotopic (exact) mass is 339 g/mol. The summed E-state index contributed by atoms with van der Waals surface area (Å²) in [7, 11) is 0. The van der Waals surface area contributed by atoms with E-state index in [1.807, 2.05) is 0 Å². The van der Waals surface area contributed by atoms with Crippen molar-refractivity contribution in [2.24, 2.45) is 5.73 Å². The SMILES string of the molecule is C[C@@H]1OC(CO[C@@H]2OC(CO)[C@H](O)[C@H](O)C2O)[C@H](O)[C@H](O)C1N. The number of nitrogens with two attached hydrogens (primary N) is 1. The molecular formula is C13H25NO9. The summed E-state index contributed by atoms with van der Waals surface area (Å²) in [6.45, 7) is 0.816. The largest absolute Gasteiger partial charge is 0.394 e. The molecule has 2 heterocycles. The Morgan fingerprint density at radius 1 is 0.870 bits per heavy atom. The highest BCUT2D eigenvalue weighted by Crippen LogP contribution is 2.24. The second-order valence-corrected chi connectivity index (χ2v) is 5.97. The molecule has 0 spiro atoms. The van der Waals surface area contributed by atoms with Gasteiger partial charge in [-0.15, -0.1) is 0 Å². The molecule has 2 rings (SSSR count). The molecule has 0 aromatic heterocycles. The topological polar surface area (TPSA) is 175 Å². The van der Waals surface area contributed by atoms with Gasteiger partial charge in [-0.25, -0.2) is 0 Å². The molecular weight excluding hydrogens is 314 g/mol. The van der Waals surface area contributed by atoms with Gasteiger partial charge in [-0.2, -0.15) is 0 Å². The molecule has 136 valence electrons. The van der Waals surface area contributed by atoms with E-state index in [4.69, 9.17) is 25.1 Å². The third-order valence-electron chi connectivity index (χ3n) is 4.33. The quantitative estimate of drug-likeness (QED) is 0.265. The average Bonchev–Trinajstić information content (AvgIpc) is 2.54. The number of ether oxygens (including phenoxy) is 3. The zero-order chi connectivity index (χ0) is 17.3. The van der Waals surface area contributed by atoms with Crippen molar-refractivity contribution in [2.45, 2.75) is 68.1 Å². The second-order valence-electron chi connectivity index (χ2n) is 5.97. The Kier molecular flexibility index (Phi) is 6.30. The lowest BCUT2D eigenvalue weighted by atomic mass is 9.94. The lowest BCUT2D eigenvalue weighted by Crippen LogP contribution is -2.62. The molecule has 2 aliphatic heterocycles. The predicted molar refractivity (Wildman–Crippen MR) is 74.0 cm³/mol. The second kappa shape index (κ2) is 7.66. The van der Waals surface area contributed by atoms with Gasteiger partial charge in [-0.3, -0.25) is 0 Å². The number of aliphatic hydroxyl groups is 6. The van der Waals surface area contributed by atoms with Crippen LogP contribution in [-0.4, -0.2) is 105 Å². The van der Waals surface area contributed by atoms with Gasteiger partial charge >= 0.3 is 0 Å². The molecule has 2 saturated heterocycles. The van der Waals surface area contributed by atoms with Gasteiger partial charge in [0.25, 0.3) is 0 Å². The fourth-order valence-electron chi connectivity index (χ4n) is 2.70. The maximum Gasteiger partial charge on any atom is 0.186 e. The van der Waals surface area contributed by atoms with E-state index in [0.717, 1.165) is 0 Å². The number of aliphatic hydroxyl groups excluding tert-OH is 6. The van der Waals surface area contributed by atoms with Crippen LogP contribution in [-0.2, 0) is 14.2 Å². The van der Waals surface area contributed by atoms with E-state index in [2.05, 4.69) is 0 Å². The number of rotatable bonds is 4. The molecule has 10 atom stereocenters. The summed E-state index contributed by atoms with van der Waals surface area (Å²) in [5.74, 6) is 0. The first kappa shape index (κ1) is 18.9. The molecule has 0 aromatic rings. The number of hydrogen-bond donors (Lipinski definition) is 7. The van der Waals surface area contributed by atoms with Crippen LogP contribution in [0.1, 0.15) is 6.92 Å². The molecule has 2 aliphatic rings. The molecule has 0 saturated carbocycles. The van der Waals surface area contributed by atoms with Crippen LogP contribution in [0.4, 0.5) is 0 Å². The van der Waals surface area contributed by atoms with Crippen LogP contribution in [0.2, 0.25) is 0 Å². The molecule has 0 aliphatic carbocycles. The highest BCUT2D eigenvalue weighted by Gasteiger charge is 2.46. The standard InChI is InChI=1S/C13H25NO9/c1-4-7(14)10(18)9(17)6(22-4)3-21-13-12(20)11(19)8(16)5(2-15)23-13/h4-13,15-20H,2-3,14H2,1H3/t4-,5?,6?,7?,8-,9-,10+,11-,12?,13+/m0/s1. The normalized spacial score (nSPS) is 51.7. The molecule has 23 heavy (non-hydrogen) atoms. The minimum atomic E-state index is -1.55. The first-order valence-electron chi connectivity index (χ1n) is 7.47. The van der Waals surface area contributed by atoms with Gasteiger partial charge in [0.2, 0.25) is 0 Å². The zero-order valence-electron chi connectivity index (χ0n) is 12.7. The molecule has 0 aromatic carbocycles. The van der Waals surface area contributed by atoms with Crippen molar-refractivity contribution in [3.05, 3.63) is 0 Å². The Balaban J connectivity index is 1.94. The molecule has 0 amide bonds. The van der Waals surface area contributed by atoms with Crippen LogP contribution in [0.5, 0.6) is 0 Å². The van der Waals surface area contributed by atoms with Crippen LogP contribution in [0.3, 0.4) is 0 Å². The van der Waals surface area contributed by atoms with E-state index >= 15 is 0 Å². The van der Waals surface area contributed by atoms with E-state index < -0.39 is 67.8 Å². The zero-order valence-corrected chi connectivity index (χ0v) is 12.7. The van der Waals surface area contributed by atoms with Gasteiger partial charge in [0.05, 0.1) is 25.4 Å². The highest BCUT2D eigenvalue weighted by atomic mass is 16.7. The Labute approximate surface area is 133 Å². The van der Waals surface area contributed by atoms with Crippen molar-refractivity contribution in [1.29, 1.82) is 0 Å². The summed E-state index contributed by atoms with van der Waals surface area (Å²) >= 11 is 0. The summed E-state index contributed by atoms with van der Waals surface area (Å²) in [5.41, 5.74) is 5.68. The summed E-state index contributed by atoms with van der Waals surface area (Å²) in [6, 6.07) is -0.742. The fraction of sp³-hybridized carbons (Fsp3) is 1.00. The molecule has 8 N–H and O–H groups in total. The molecule has 10 heteroatoms. The van der Waals surface area contributed by atoms with E-state index in [1.54, 1.807) is 6.92 Å². The van der Waals surface area contributed by atoms with Crippen LogP contribution in [0, 0.1) is 0 Å². The van der Waals surface area contributed by atoms with Crippen molar-refractivity contribution in [1.82, 2.24) is 0 Å². The fourth-order valence-corrected chi connectivity index (χ4v) is 2.70. The van der Waals surface area contributed by atoms with Crippen LogP contribution >= 0.6 is 0 Å². The van der Waals surface area contributed by atoms with Crippen molar-refractivity contribution < 1.29 is 44.8 Å². The van der Waals surface area contributed by atoms with Crippen molar-refractivity contribution >= 4 is 0 Å². The van der Waals surface area contributed by atoms with E-state index in [-0.39, 0.29) is 6.61 Å². The molecule has 0 radical (unpaired) electrons. The Bertz CT molecular complexity index is 384. The van der Waals surface area contributed by atoms with Crippen molar-refractivity contribution in [3.8, 4) is 0 Å². The van der Waals surface area contributed by atoms with Crippen LogP contribution in [0.25, 0.3) is 0 Å². The minimum Gasteiger partial charge on any atom is -0.394 e. The summed E-state index contributed by atoms with van der Waals surface area (Å²) in [4.78, 5) is 0. The molecule has 0 bridgehead atoms. The van der Waals surface area contributed by atoms with Gasteiger partial charge < -0.3 is 50.6 Å². The third kappa shape index (κ3) is 3.82. The Hall–Kier alpha value is -0.400. The number of hydrogen-bond acceptors (Lipinski definition) is 10. The van der Waals surface area contributed by atoms with Gasteiger partial charge in [0.15, 0.2) is 6.29 Å². The Morgan fingerprint density at radius 3 is 2.09 bits per heavy atom. The van der Waals surface area contributed by atoms with E-state index in [0.29, 0.717) is 0 Å². The van der Waals surface area contributed by atoms with E-state index in [9.17, 15) is 25.5 Å². The lowest BCUT2D eigenvalue weighted by molar-refractivity contribution is -0.311. The highest BCUT2D eigenvalue weighted by molar-refractivity contribution is 4.93. The van der Waals surface area contributed by atoms with Gasteiger partial charge in [-0.1, -0.05) is 0 Å². The molecule has 4 unspecified atom stereocenters. The van der Waals surface area contributed by atoms with Gasteiger partial charge in [0, 0.05) is 0 Å². The van der Waals surface area contributed by atoms with E-state index in [1.165, 1.54) is 0 Å². The van der Waals surface area contributed by atoms with Crippen LogP contribution in [0.15, 0.2) is 0 Å². The summed E-state index contributed by atoms with van der Waals surface area (Å²) in [5, 5.41) is 58.1. The smallest absolute Gasteiger partial charge is 0.186 e. The average molecular weight is 339 g/mol. The summed E-state index contributed by atoms with van der Waals surface area (Å²) in [6.07, 6.45) is -10.9.